The number of ketones is 1. The van der Waals surface area contributed by atoms with Gasteiger partial charge in [-0.2, -0.15) is 18.4 Å². The molecule has 18 heteroatoms. The Hall–Kier alpha value is -5.38. The molecule has 3 aliphatic heterocycles. The number of benzene rings is 2. The van der Waals surface area contributed by atoms with Crippen LogP contribution in [-0.4, -0.2) is 93.8 Å². The van der Waals surface area contributed by atoms with Gasteiger partial charge in [0, 0.05) is 63.1 Å². The minimum absolute atomic E-state index is 0.00331. The van der Waals surface area contributed by atoms with E-state index in [1.54, 1.807) is 0 Å². The summed E-state index contributed by atoms with van der Waals surface area (Å²) in [6, 6.07) is 13.5. The zero-order valence-corrected chi connectivity index (χ0v) is 35.1. The van der Waals surface area contributed by atoms with Crippen LogP contribution in [0.15, 0.2) is 54.7 Å². The maximum atomic E-state index is 15.2. The van der Waals surface area contributed by atoms with Crippen LogP contribution in [0, 0.1) is 17.2 Å². The number of imide groups is 1. The van der Waals surface area contributed by atoms with Crippen LogP contribution >= 0.6 is 12.2 Å². The third kappa shape index (κ3) is 9.90. The van der Waals surface area contributed by atoms with Crippen molar-refractivity contribution in [2.75, 3.05) is 42.6 Å². The van der Waals surface area contributed by atoms with Crippen LogP contribution in [-0.2, 0) is 44.1 Å². The molecule has 4 heterocycles. The topological polar surface area (TPSA) is 139 Å². The molecule has 0 radical (unpaired) electrons. The number of Topliss-reactive ketones (excluding diaryl/α,β-unsaturated/α-hetero) is 1. The van der Waals surface area contributed by atoms with Gasteiger partial charge in [-0.05, 0) is 88.1 Å². The number of amides is 3. The third-order valence-corrected chi connectivity index (χ3v) is 11.7. The zero-order valence-electron chi connectivity index (χ0n) is 34.3. The first-order valence-electron chi connectivity index (χ1n) is 19.8. The number of nitrogens with zero attached hydrogens (tertiary/aromatic N) is 6. The number of hydrogen-bond donors (Lipinski definition) is 1. The number of rotatable bonds is 13. The van der Waals surface area contributed by atoms with Gasteiger partial charge in [-0.1, -0.05) is 24.3 Å². The number of aromatic nitrogens is 1. The molecule has 1 N–H and O–H groups in total. The molecule has 3 amide bonds. The molecule has 61 heavy (non-hydrogen) atoms. The van der Waals surface area contributed by atoms with E-state index < -0.39 is 40.4 Å². The highest BCUT2D eigenvalue weighted by molar-refractivity contribution is 7.81. The number of nitrogens with one attached hydrogen (secondary N) is 1. The van der Waals surface area contributed by atoms with Gasteiger partial charge >= 0.3 is 6.18 Å². The average molecular weight is 868 g/mol. The van der Waals surface area contributed by atoms with Crippen LogP contribution in [0.25, 0.3) is 0 Å². The molecular formula is C43H46F5N7O5S. The molecule has 1 unspecified atom stereocenters. The van der Waals surface area contributed by atoms with Crippen molar-refractivity contribution in [1.82, 2.24) is 20.1 Å². The molecule has 0 spiro atoms. The molecule has 3 aliphatic rings. The number of pyridine rings is 1. The van der Waals surface area contributed by atoms with Crippen molar-refractivity contribution >= 4 is 52.2 Å². The number of hydrogen-bond acceptors (Lipinski definition) is 10. The van der Waals surface area contributed by atoms with E-state index >= 15 is 8.78 Å². The van der Waals surface area contributed by atoms with Gasteiger partial charge in [-0.25, -0.2) is 13.8 Å². The number of alkyl halides is 5. The van der Waals surface area contributed by atoms with Crippen molar-refractivity contribution in [3.05, 3.63) is 82.7 Å². The second-order valence-electron chi connectivity index (χ2n) is 16.5. The summed E-state index contributed by atoms with van der Waals surface area (Å²) in [4.78, 5) is 60.7. The van der Waals surface area contributed by atoms with Crippen molar-refractivity contribution in [3.8, 4) is 11.8 Å². The van der Waals surface area contributed by atoms with Crippen molar-refractivity contribution < 1.29 is 45.9 Å². The number of piperazine rings is 1. The lowest BCUT2D eigenvalue weighted by Gasteiger charge is -2.44. The van der Waals surface area contributed by atoms with Crippen LogP contribution in [0.2, 0.25) is 0 Å². The molecule has 0 aliphatic carbocycles. The Bertz CT molecular complexity index is 2260. The van der Waals surface area contributed by atoms with Gasteiger partial charge < -0.3 is 9.64 Å². The summed E-state index contributed by atoms with van der Waals surface area (Å²) in [6.07, 6.45) is -2.50. The normalized spacial score (nSPS) is 21.4. The maximum absolute atomic E-state index is 15.2. The van der Waals surface area contributed by atoms with Crippen molar-refractivity contribution in [2.24, 2.45) is 5.92 Å². The average Bonchev–Trinajstić information content (AvgIpc) is 3.35. The monoisotopic (exact) mass is 867 g/mol. The Balaban J connectivity index is 1.07. The minimum Gasteiger partial charge on any atom is -0.492 e. The first-order valence-corrected chi connectivity index (χ1v) is 20.2. The second-order valence-corrected chi connectivity index (χ2v) is 16.8. The summed E-state index contributed by atoms with van der Waals surface area (Å²) in [7, 11) is 0. The number of halogens is 5. The van der Waals surface area contributed by atoms with Gasteiger partial charge in [-0.15, -0.1) is 0 Å². The summed E-state index contributed by atoms with van der Waals surface area (Å²) in [5.74, 6) is -5.01. The summed E-state index contributed by atoms with van der Waals surface area (Å²) >= 11 is 5.57. The summed E-state index contributed by atoms with van der Waals surface area (Å²) in [5.41, 5.74) is -2.71. The third-order valence-electron chi connectivity index (χ3n) is 11.3. The van der Waals surface area contributed by atoms with Gasteiger partial charge in [-0.3, -0.25) is 39.2 Å². The van der Waals surface area contributed by atoms with Gasteiger partial charge in [0.15, 0.2) is 16.6 Å². The maximum Gasteiger partial charge on any atom is 0.419 e. The lowest BCUT2D eigenvalue weighted by Crippen LogP contribution is -2.58. The molecule has 324 valence electrons. The first kappa shape index (κ1) is 45.2. The number of carbonyl (C=O) groups is 4. The fourth-order valence-corrected chi connectivity index (χ4v) is 8.80. The molecule has 3 atom stereocenters. The van der Waals surface area contributed by atoms with E-state index in [9.17, 15) is 32.3 Å². The Morgan fingerprint density at radius 3 is 2.31 bits per heavy atom. The van der Waals surface area contributed by atoms with Crippen LogP contribution in [0.4, 0.5) is 33.3 Å². The lowest BCUT2D eigenvalue weighted by molar-refractivity contribution is -0.138. The van der Waals surface area contributed by atoms with Crippen LogP contribution < -0.4 is 19.9 Å². The quantitative estimate of drug-likeness (QED) is 0.120. The molecule has 3 fully saturated rings. The zero-order chi connectivity index (χ0) is 44.6. The van der Waals surface area contributed by atoms with Gasteiger partial charge in [0.25, 0.3) is 11.8 Å². The van der Waals surface area contributed by atoms with E-state index in [0.29, 0.717) is 51.9 Å². The predicted octanol–water partition coefficient (Wildman–Crippen LogP) is 6.18. The van der Waals surface area contributed by atoms with E-state index in [-0.39, 0.29) is 77.4 Å². The molecule has 12 nitrogen and oxygen atoms in total. The Morgan fingerprint density at radius 2 is 1.67 bits per heavy atom. The van der Waals surface area contributed by atoms with Crippen molar-refractivity contribution in [3.63, 3.8) is 0 Å². The standard InChI is InChI=1S/C43H46F5N7O5S/c1-25-22-52(23-26(2)53(25)24-32(56)17-28-8-6-7-27(15-28)16-29-9-12-37(57)51-38(29)58)13-14-60-36-11-10-30(18-34(36)42(5,44)45)55-40(61)54(39(59)41(55,3)4)31-19-33(43(46,47)48)35(20-49)50-21-31/h6-8,10-11,15,18-19,21,25-26,29H,9,12-14,16-17,22-24H2,1-5H3,(H,51,57,58)/t25-,26+,29?. The van der Waals surface area contributed by atoms with Crippen molar-refractivity contribution in [1.29, 1.82) is 5.26 Å². The molecule has 3 saturated heterocycles. The highest BCUT2D eigenvalue weighted by Gasteiger charge is 2.51. The highest BCUT2D eigenvalue weighted by atomic mass is 32.1. The number of thiocarbonyl (C=S) groups is 1. The SMILES string of the molecule is C[C@@H]1CN(CCOc2ccc(N3C(=S)N(c4cnc(C#N)c(C(F)(F)F)c4)C(=O)C3(C)C)cc2C(C)(F)F)C[C@H](C)N1CC(=O)Cc1cccc(CC2CCC(=O)NC2=O)c1. The first-order chi connectivity index (χ1) is 28.6. The molecule has 3 aromatic rings. The molecular weight excluding hydrogens is 822 g/mol. The Kier molecular flexibility index (Phi) is 13.0. The Morgan fingerprint density at radius 1 is 1.00 bits per heavy atom. The summed E-state index contributed by atoms with van der Waals surface area (Å²) in [6.45, 7) is 9.57. The lowest BCUT2D eigenvalue weighted by atomic mass is 9.90. The van der Waals surface area contributed by atoms with E-state index in [0.717, 1.165) is 28.3 Å². The second kappa shape index (κ2) is 17.5. The van der Waals surface area contributed by atoms with Crippen LogP contribution in [0.1, 0.15) is 75.4 Å². The Labute approximate surface area is 355 Å². The molecule has 0 bridgehead atoms. The molecule has 0 saturated carbocycles. The highest BCUT2D eigenvalue weighted by Crippen LogP contribution is 2.43. The molecule has 2 aromatic carbocycles. The van der Waals surface area contributed by atoms with Crippen LogP contribution in [0.3, 0.4) is 0 Å². The fourth-order valence-electron chi connectivity index (χ4n) is 8.28. The van der Waals surface area contributed by atoms with E-state index in [1.807, 2.05) is 38.1 Å². The van der Waals surface area contributed by atoms with Crippen LogP contribution in [0.5, 0.6) is 5.75 Å². The van der Waals surface area contributed by atoms with Gasteiger partial charge in [0.05, 0.1) is 29.6 Å². The number of nitriles is 1. The smallest absolute Gasteiger partial charge is 0.419 e. The minimum atomic E-state index is -4.95. The van der Waals surface area contributed by atoms with Gasteiger partial charge in [0.2, 0.25) is 11.8 Å². The molecule has 6 rings (SSSR count). The van der Waals surface area contributed by atoms with Crippen molar-refractivity contribution in [2.45, 2.75) is 90.0 Å². The van der Waals surface area contributed by atoms with E-state index in [2.05, 4.69) is 20.1 Å². The number of carbonyl (C=O) groups excluding carboxylic acids is 4. The van der Waals surface area contributed by atoms with E-state index in [4.69, 9.17) is 22.2 Å². The number of anilines is 2. The van der Waals surface area contributed by atoms with Gasteiger partial charge in [0.1, 0.15) is 24.0 Å². The number of piperidine rings is 1. The fraction of sp³-hybridized carbons (Fsp3) is 0.465. The summed E-state index contributed by atoms with van der Waals surface area (Å²) < 4.78 is 77.6. The molecule has 1 aromatic heterocycles. The summed E-state index contributed by atoms with van der Waals surface area (Å²) in [5, 5.41) is 11.3. The van der Waals surface area contributed by atoms with E-state index in [1.165, 1.54) is 36.9 Å². The number of ether oxygens (including phenoxy) is 1. The predicted molar refractivity (Wildman–Crippen MR) is 219 cm³/mol. The largest absolute Gasteiger partial charge is 0.492 e.